The maximum absolute atomic E-state index is 10.7. The van der Waals surface area contributed by atoms with Crippen LogP contribution in [0, 0.1) is 0 Å². The highest BCUT2D eigenvalue weighted by atomic mass is 127. The first-order chi connectivity index (χ1) is 13.1. The quantitative estimate of drug-likeness (QED) is 0.410. The molecule has 1 aromatic heterocycles. The van der Waals surface area contributed by atoms with E-state index in [9.17, 15) is 4.79 Å². The lowest BCUT2D eigenvalue weighted by Gasteiger charge is -2.01. The van der Waals surface area contributed by atoms with Crippen molar-refractivity contribution in [2.75, 3.05) is 14.1 Å². The number of carboxylic acid groups (broad SMARTS) is 1. The second-order valence-corrected chi connectivity index (χ2v) is 6.16. The third-order valence-electron chi connectivity index (χ3n) is 3.82. The van der Waals surface area contributed by atoms with Crippen molar-refractivity contribution in [3.05, 3.63) is 78.6 Å². The first-order valence-electron chi connectivity index (χ1n) is 9.02. The van der Waals surface area contributed by atoms with Gasteiger partial charge in [-0.15, -0.1) is 0 Å². The van der Waals surface area contributed by atoms with Crippen LogP contribution in [-0.2, 0) is 11.2 Å². The number of hydrogen-bond donors (Lipinski definition) is 2. The molecule has 4 nitrogen and oxygen atoms in total. The summed E-state index contributed by atoms with van der Waals surface area (Å²) in [5.41, 5.74) is 3.20. The molecule has 2 aromatic carbocycles. The predicted octanol–water partition coefficient (Wildman–Crippen LogP) is 2.14. The van der Waals surface area contributed by atoms with Crippen LogP contribution in [0.3, 0.4) is 0 Å². The Morgan fingerprint density at radius 3 is 1.96 bits per heavy atom. The number of benzene rings is 2. The first kappa shape index (κ1) is 23.8. The van der Waals surface area contributed by atoms with Crippen molar-refractivity contribution in [1.82, 2.24) is 5.32 Å². The van der Waals surface area contributed by atoms with Crippen LogP contribution in [0.25, 0.3) is 22.5 Å². The minimum absolute atomic E-state index is 0. The molecule has 0 aliphatic rings. The minimum atomic E-state index is -0.780. The van der Waals surface area contributed by atoms with Gasteiger partial charge in [-0.2, -0.15) is 0 Å². The molecule has 0 saturated carbocycles. The SMILES string of the molecule is CNC.O=C(O)CCCc1cc(-c2ccccc2)cc(-c2ccccc2)[o+]1.[I-]. The second kappa shape index (κ2) is 13.0. The molecule has 0 unspecified atom stereocenters. The van der Waals surface area contributed by atoms with Crippen molar-refractivity contribution in [1.29, 1.82) is 0 Å². The van der Waals surface area contributed by atoms with Crippen LogP contribution >= 0.6 is 0 Å². The summed E-state index contributed by atoms with van der Waals surface area (Å²) in [6, 6.07) is 24.1. The molecule has 0 atom stereocenters. The second-order valence-electron chi connectivity index (χ2n) is 6.16. The van der Waals surface area contributed by atoms with Crippen molar-refractivity contribution in [3.8, 4) is 22.5 Å². The number of aliphatic carboxylic acids is 1. The number of halogens is 1. The van der Waals surface area contributed by atoms with Crippen LogP contribution in [0.1, 0.15) is 18.6 Å². The Labute approximate surface area is 183 Å². The highest BCUT2D eigenvalue weighted by Crippen LogP contribution is 2.28. The van der Waals surface area contributed by atoms with Gasteiger partial charge in [-0.05, 0) is 38.2 Å². The molecule has 0 amide bonds. The molecule has 0 aliphatic carbocycles. The summed E-state index contributed by atoms with van der Waals surface area (Å²) in [7, 11) is 3.75. The highest BCUT2D eigenvalue weighted by molar-refractivity contribution is 5.70. The lowest BCUT2D eigenvalue weighted by atomic mass is 10.0. The Kier molecular flexibility index (Phi) is 11.1. The van der Waals surface area contributed by atoms with Gasteiger partial charge in [0, 0.05) is 18.1 Å². The molecular weight excluding hydrogens is 465 g/mol. The molecule has 5 heteroatoms. The Morgan fingerprint density at radius 2 is 1.43 bits per heavy atom. The summed E-state index contributed by atoms with van der Waals surface area (Å²) in [5, 5.41) is 11.6. The molecule has 148 valence electrons. The van der Waals surface area contributed by atoms with Gasteiger partial charge in [0.1, 0.15) is 0 Å². The zero-order valence-corrected chi connectivity index (χ0v) is 18.3. The van der Waals surface area contributed by atoms with E-state index in [1.165, 1.54) is 0 Å². The largest absolute Gasteiger partial charge is 1.00 e. The molecule has 3 rings (SSSR count). The van der Waals surface area contributed by atoms with Gasteiger partial charge < -0.3 is 34.4 Å². The van der Waals surface area contributed by atoms with Crippen LogP contribution in [0.15, 0.2) is 77.2 Å². The average molecular weight is 491 g/mol. The zero-order chi connectivity index (χ0) is 19.5. The summed E-state index contributed by atoms with van der Waals surface area (Å²) in [4.78, 5) is 10.7. The molecule has 0 fully saturated rings. The maximum atomic E-state index is 10.7. The monoisotopic (exact) mass is 491 g/mol. The highest BCUT2D eigenvalue weighted by Gasteiger charge is 2.18. The number of nitrogens with one attached hydrogen (secondary N) is 1. The molecule has 0 bridgehead atoms. The van der Waals surface area contributed by atoms with E-state index in [4.69, 9.17) is 9.52 Å². The lowest BCUT2D eigenvalue weighted by molar-refractivity contribution is -0.137. The van der Waals surface area contributed by atoms with E-state index in [2.05, 4.69) is 17.4 Å². The van der Waals surface area contributed by atoms with E-state index in [-0.39, 0.29) is 30.4 Å². The van der Waals surface area contributed by atoms with E-state index >= 15 is 0 Å². The summed E-state index contributed by atoms with van der Waals surface area (Å²) in [5.74, 6) is 0.816. The standard InChI is InChI=1S/C21H18O3.C2H7N.HI/c22-21(23)13-7-12-19-14-18(16-8-3-1-4-9-16)15-20(24-19)17-10-5-2-6-11-17;1-3-2;/h1-6,8-11,14-15H,7,12-13H2;3H,1-2H3;1H. The Balaban J connectivity index is 0.000000921. The van der Waals surface area contributed by atoms with Gasteiger partial charge in [0.05, 0.1) is 18.1 Å². The molecule has 0 radical (unpaired) electrons. The minimum Gasteiger partial charge on any atom is -1.00 e. The lowest BCUT2D eigenvalue weighted by Crippen LogP contribution is -3.00. The van der Waals surface area contributed by atoms with Crippen LogP contribution in [0.4, 0.5) is 0 Å². The molecule has 28 heavy (non-hydrogen) atoms. The van der Waals surface area contributed by atoms with E-state index in [0.29, 0.717) is 12.8 Å². The Hall–Kier alpha value is -2.25. The zero-order valence-electron chi connectivity index (χ0n) is 16.2. The average Bonchev–Trinajstić information content (AvgIpc) is 2.69. The first-order valence-corrected chi connectivity index (χ1v) is 9.02. The fourth-order valence-electron chi connectivity index (χ4n) is 2.64. The summed E-state index contributed by atoms with van der Waals surface area (Å²) in [6.07, 6.45) is 1.31. The van der Waals surface area contributed by atoms with Crippen molar-refractivity contribution in [3.63, 3.8) is 0 Å². The van der Waals surface area contributed by atoms with Gasteiger partial charge in [0.25, 0.3) is 0 Å². The molecule has 0 spiro atoms. The fourth-order valence-corrected chi connectivity index (χ4v) is 2.64. The van der Waals surface area contributed by atoms with E-state index in [1.807, 2.05) is 74.8 Å². The van der Waals surface area contributed by atoms with E-state index < -0.39 is 5.97 Å². The van der Waals surface area contributed by atoms with Crippen LogP contribution in [-0.4, -0.2) is 25.2 Å². The number of carbonyl (C=O) groups is 1. The predicted molar refractivity (Wildman–Crippen MR) is 110 cm³/mol. The summed E-state index contributed by atoms with van der Waals surface area (Å²) in [6.45, 7) is 0. The van der Waals surface area contributed by atoms with Crippen molar-refractivity contribution >= 4 is 5.97 Å². The van der Waals surface area contributed by atoms with Crippen molar-refractivity contribution in [2.45, 2.75) is 19.3 Å². The number of rotatable bonds is 6. The van der Waals surface area contributed by atoms with Gasteiger partial charge in [-0.25, -0.2) is 4.42 Å². The fraction of sp³-hybridized carbons (Fsp3) is 0.217. The van der Waals surface area contributed by atoms with Gasteiger partial charge in [0.15, 0.2) is 0 Å². The summed E-state index contributed by atoms with van der Waals surface area (Å²) < 4.78 is 6.01. The molecule has 0 aliphatic heterocycles. The van der Waals surface area contributed by atoms with Crippen molar-refractivity contribution < 1.29 is 38.3 Å². The van der Waals surface area contributed by atoms with Gasteiger partial charge in [0.2, 0.25) is 0 Å². The molecule has 0 saturated heterocycles. The smallest absolute Gasteiger partial charge is 0.360 e. The third-order valence-corrected chi connectivity index (χ3v) is 3.82. The summed E-state index contributed by atoms with van der Waals surface area (Å²) >= 11 is 0. The Bertz CT molecular complexity index is 781. The van der Waals surface area contributed by atoms with Crippen LogP contribution in [0.2, 0.25) is 0 Å². The molecule has 1 heterocycles. The van der Waals surface area contributed by atoms with E-state index in [0.717, 1.165) is 28.2 Å². The third kappa shape index (κ3) is 7.78. The van der Waals surface area contributed by atoms with Gasteiger partial charge >= 0.3 is 17.5 Å². The van der Waals surface area contributed by atoms with Crippen LogP contribution in [0.5, 0.6) is 0 Å². The number of aryl methyl sites for hydroxylation is 1. The topological polar surface area (TPSA) is 60.6 Å². The molecule has 3 aromatic rings. The molecule has 2 N–H and O–H groups in total. The maximum Gasteiger partial charge on any atom is 0.360 e. The Morgan fingerprint density at radius 1 is 0.893 bits per heavy atom. The molecular formula is C23H26INO3. The number of carboxylic acids is 1. The normalized spacial score (nSPS) is 9.64. The number of hydrogen-bond acceptors (Lipinski definition) is 2. The van der Waals surface area contributed by atoms with Gasteiger partial charge in [-0.3, -0.25) is 4.79 Å². The van der Waals surface area contributed by atoms with Gasteiger partial charge in [-0.1, -0.05) is 48.5 Å². The van der Waals surface area contributed by atoms with Crippen LogP contribution < -0.4 is 29.3 Å². The van der Waals surface area contributed by atoms with E-state index in [1.54, 1.807) is 0 Å². The van der Waals surface area contributed by atoms with Crippen molar-refractivity contribution in [2.24, 2.45) is 0 Å².